The summed E-state index contributed by atoms with van der Waals surface area (Å²) < 4.78 is 35.7. The van der Waals surface area contributed by atoms with Crippen molar-refractivity contribution in [2.75, 3.05) is 19.7 Å². The molecule has 2 aromatic rings. The standard InChI is InChI=1S/C22H31F2N5O2/c1-16(2)14-31-19-6-4-17(5-7-19)12-29(13-18-9-11-28(3)27-18)21(30)26-20-8-10-25-15-22(20,23)24/h4-7,9,11,16,20,25H,8,10,12-15H2,1-3H3,(H,26,30)/t20-/m1/s1. The lowest BCUT2D eigenvalue weighted by molar-refractivity contribution is -0.0486. The van der Waals surface area contributed by atoms with E-state index < -0.39 is 24.5 Å². The van der Waals surface area contributed by atoms with E-state index in [1.54, 1.807) is 17.9 Å². The lowest BCUT2D eigenvalue weighted by Gasteiger charge is -2.34. The molecule has 1 atom stereocenters. The molecule has 3 rings (SSSR count). The Morgan fingerprint density at radius 1 is 1.32 bits per heavy atom. The van der Waals surface area contributed by atoms with Crippen molar-refractivity contribution in [2.24, 2.45) is 13.0 Å². The van der Waals surface area contributed by atoms with E-state index in [1.165, 1.54) is 4.90 Å². The van der Waals surface area contributed by atoms with E-state index in [0.29, 0.717) is 24.8 Å². The van der Waals surface area contributed by atoms with Crippen LogP contribution in [0, 0.1) is 5.92 Å². The average molecular weight is 436 g/mol. The van der Waals surface area contributed by atoms with Crippen LogP contribution < -0.4 is 15.4 Å². The number of carbonyl (C=O) groups excluding carboxylic acids is 1. The van der Waals surface area contributed by atoms with Crippen LogP contribution in [-0.4, -0.2) is 52.4 Å². The van der Waals surface area contributed by atoms with E-state index in [4.69, 9.17) is 4.74 Å². The Kier molecular flexibility index (Phi) is 7.48. The van der Waals surface area contributed by atoms with Crippen molar-refractivity contribution in [2.45, 2.75) is 45.3 Å². The molecular weight excluding hydrogens is 404 g/mol. The Bertz CT molecular complexity index is 854. The second kappa shape index (κ2) is 10.1. The summed E-state index contributed by atoms with van der Waals surface area (Å²) in [5.74, 6) is -1.81. The van der Waals surface area contributed by atoms with Crippen molar-refractivity contribution in [1.82, 2.24) is 25.3 Å². The average Bonchev–Trinajstić information content (AvgIpc) is 3.13. The van der Waals surface area contributed by atoms with E-state index in [0.717, 1.165) is 11.3 Å². The molecular formula is C22H31F2N5O2. The number of nitrogens with one attached hydrogen (secondary N) is 2. The number of halogens is 2. The number of aromatic nitrogens is 2. The van der Waals surface area contributed by atoms with Gasteiger partial charge in [-0.05, 0) is 42.6 Å². The summed E-state index contributed by atoms with van der Waals surface area (Å²) in [6.45, 7) is 5.27. The summed E-state index contributed by atoms with van der Waals surface area (Å²) in [5.41, 5.74) is 1.56. The van der Waals surface area contributed by atoms with Crippen LogP contribution in [0.25, 0.3) is 0 Å². The fourth-order valence-electron chi connectivity index (χ4n) is 3.37. The first-order chi connectivity index (χ1) is 14.7. The normalized spacial score (nSPS) is 18.1. The third-order valence-corrected chi connectivity index (χ3v) is 5.07. The summed E-state index contributed by atoms with van der Waals surface area (Å²) in [6, 6.07) is 7.56. The fraction of sp³-hybridized carbons (Fsp3) is 0.545. The number of amides is 2. The van der Waals surface area contributed by atoms with Gasteiger partial charge in [0.25, 0.3) is 5.92 Å². The zero-order chi connectivity index (χ0) is 22.4. The number of alkyl halides is 2. The topological polar surface area (TPSA) is 71.4 Å². The van der Waals surface area contributed by atoms with Crippen molar-refractivity contribution < 1.29 is 18.3 Å². The second-order valence-electron chi connectivity index (χ2n) is 8.41. The van der Waals surface area contributed by atoms with Gasteiger partial charge in [0.2, 0.25) is 0 Å². The SMILES string of the molecule is CC(C)COc1ccc(CN(Cc2ccn(C)n2)C(=O)N[C@@H]2CCNCC2(F)F)cc1. The van der Waals surface area contributed by atoms with Crippen molar-refractivity contribution >= 4 is 6.03 Å². The maximum atomic E-state index is 14.2. The summed E-state index contributed by atoms with van der Waals surface area (Å²) in [4.78, 5) is 14.5. The molecule has 31 heavy (non-hydrogen) atoms. The lowest BCUT2D eigenvalue weighted by Crippen LogP contribution is -2.59. The Hall–Kier alpha value is -2.68. The van der Waals surface area contributed by atoms with Crippen LogP contribution in [-0.2, 0) is 20.1 Å². The second-order valence-corrected chi connectivity index (χ2v) is 8.41. The summed E-state index contributed by atoms with van der Waals surface area (Å²) in [7, 11) is 1.79. The van der Waals surface area contributed by atoms with Gasteiger partial charge in [0.1, 0.15) is 5.75 Å². The number of nitrogens with zero attached hydrogens (tertiary/aromatic N) is 3. The zero-order valence-corrected chi connectivity index (χ0v) is 18.3. The largest absolute Gasteiger partial charge is 0.493 e. The number of hydrogen-bond donors (Lipinski definition) is 2. The highest BCUT2D eigenvalue weighted by atomic mass is 19.3. The van der Waals surface area contributed by atoms with Gasteiger partial charge in [0.15, 0.2) is 0 Å². The maximum absolute atomic E-state index is 14.2. The van der Waals surface area contributed by atoms with Gasteiger partial charge in [-0.1, -0.05) is 26.0 Å². The first-order valence-corrected chi connectivity index (χ1v) is 10.6. The van der Waals surface area contributed by atoms with Crippen LogP contribution in [0.5, 0.6) is 5.75 Å². The molecule has 0 aliphatic carbocycles. The first-order valence-electron chi connectivity index (χ1n) is 10.6. The molecule has 1 fully saturated rings. The number of hydrogen-bond acceptors (Lipinski definition) is 4. The lowest BCUT2D eigenvalue weighted by atomic mass is 10.0. The molecule has 7 nitrogen and oxygen atoms in total. The van der Waals surface area contributed by atoms with Gasteiger partial charge >= 0.3 is 6.03 Å². The maximum Gasteiger partial charge on any atom is 0.318 e. The molecule has 9 heteroatoms. The Labute approximate surface area is 181 Å². The van der Waals surface area contributed by atoms with E-state index in [-0.39, 0.29) is 19.5 Å². The molecule has 1 aliphatic heterocycles. The van der Waals surface area contributed by atoms with Gasteiger partial charge in [0.05, 0.1) is 31.4 Å². The van der Waals surface area contributed by atoms with E-state index in [2.05, 4.69) is 29.6 Å². The summed E-state index contributed by atoms with van der Waals surface area (Å²) in [6.07, 6.45) is 1.96. The van der Waals surface area contributed by atoms with Crippen LogP contribution >= 0.6 is 0 Å². The van der Waals surface area contributed by atoms with Crippen molar-refractivity contribution in [3.05, 3.63) is 47.8 Å². The van der Waals surface area contributed by atoms with Crippen molar-refractivity contribution in [3.8, 4) is 5.75 Å². The zero-order valence-electron chi connectivity index (χ0n) is 18.3. The third kappa shape index (κ3) is 6.65. The highest BCUT2D eigenvalue weighted by Crippen LogP contribution is 2.24. The molecule has 0 bridgehead atoms. The molecule has 0 unspecified atom stereocenters. The Balaban J connectivity index is 1.70. The fourth-order valence-corrected chi connectivity index (χ4v) is 3.37. The minimum atomic E-state index is -2.99. The first kappa shape index (κ1) is 23.0. The molecule has 1 aromatic carbocycles. The molecule has 2 heterocycles. The van der Waals surface area contributed by atoms with Gasteiger partial charge in [-0.3, -0.25) is 4.68 Å². The number of ether oxygens (including phenoxy) is 1. The van der Waals surface area contributed by atoms with Gasteiger partial charge in [-0.2, -0.15) is 5.10 Å². The van der Waals surface area contributed by atoms with Crippen molar-refractivity contribution in [3.63, 3.8) is 0 Å². The van der Waals surface area contributed by atoms with Crippen molar-refractivity contribution in [1.29, 1.82) is 0 Å². The number of piperidine rings is 1. The van der Waals surface area contributed by atoms with Gasteiger partial charge in [-0.15, -0.1) is 0 Å². The summed E-state index contributed by atoms with van der Waals surface area (Å²) >= 11 is 0. The van der Waals surface area contributed by atoms with Crippen LogP contribution in [0.15, 0.2) is 36.5 Å². The van der Waals surface area contributed by atoms with Gasteiger partial charge in [0, 0.05) is 19.8 Å². The van der Waals surface area contributed by atoms with Crippen LogP contribution in [0.4, 0.5) is 13.6 Å². The van der Waals surface area contributed by atoms with E-state index in [1.807, 2.05) is 30.3 Å². The molecule has 0 radical (unpaired) electrons. The molecule has 2 amide bonds. The molecule has 0 spiro atoms. The van der Waals surface area contributed by atoms with E-state index >= 15 is 0 Å². The van der Waals surface area contributed by atoms with Crippen LogP contribution in [0.1, 0.15) is 31.5 Å². The number of urea groups is 1. The quantitative estimate of drug-likeness (QED) is 0.668. The van der Waals surface area contributed by atoms with Gasteiger partial charge in [-0.25, -0.2) is 13.6 Å². The molecule has 0 saturated carbocycles. The number of rotatable bonds is 8. The molecule has 2 N–H and O–H groups in total. The Morgan fingerprint density at radius 2 is 2.06 bits per heavy atom. The van der Waals surface area contributed by atoms with E-state index in [9.17, 15) is 13.6 Å². The predicted octanol–water partition coefficient (Wildman–Crippen LogP) is 3.16. The number of aryl methyl sites for hydroxylation is 1. The summed E-state index contributed by atoms with van der Waals surface area (Å²) in [5, 5.41) is 9.53. The highest BCUT2D eigenvalue weighted by Gasteiger charge is 2.42. The number of carbonyl (C=O) groups is 1. The molecule has 1 aliphatic rings. The highest BCUT2D eigenvalue weighted by molar-refractivity contribution is 5.74. The smallest absolute Gasteiger partial charge is 0.318 e. The number of benzene rings is 1. The monoisotopic (exact) mass is 435 g/mol. The molecule has 1 saturated heterocycles. The third-order valence-electron chi connectivity index (χ3n) is 5.07. The van der Waals surface area contributed by atoms with Gasteiger partial charge < -0.3 is 20.3 Å². The van der Waals surface area contributed by atoms with Crippen LogP contribution in [0.2, 0.25) is 0 Å². The Morgan fingerprint density at radius 3 is 2.68 bits per heavy atom. The minimum absolute atomic E-state index is 0.179. The molecule has 170 valence electrons. The van der Waals surface area contributed by atoms with Crippen LogP contribution in [0.3, 0.4) is 0 Å². The predicted molar refractivity (Wildman–Crippen MR) is 114 cm³/mol. The minimum Gasteiger partial charge on any atom is -0.493 e. The molecule has 1 aromatic heterocycles.